The molecule has 0 fully saturated rings. The molecule has 0 bridgehead atoms. The summed E-state index contributed by atoms with van der Waals surface area (Å²) in [6, 6.07) is 3.04. The number of phenolic OH excluding ortho intramolecular Hbond substituents is 1. The highest BCUT2D eigenvalue weighted by atomic mass is 32.2. The zero-order valence-corrected chi connectivity index (χ0v) is 12.3. The van der Waals surface area contributed by atoms with E-state index in [0.29, 0.717) is 0 Å². The van der Waals surface area contributed by atoms with Crippen LogP contribution in [0.2, 0.25) is 0 Å². The fraction of sp³-hybridized carbons (Fsp3) is 0.364. The number of carbonyl (C=O) groups excluding carboxylic acids is 1. The van der Waals surface area contributed by atoms with Gasteiger partial charge >= 0.3 is 0 Å². The summed E-state index contributed by atoms with van der Waals surface area (Å²) in [5, 5.41) is 22.4. The van der Waals surface area contributed by atoms with E-state index in [1.165, 1.54) is 14.1 Å². The van der Waals surface area contributed by atoms with E-state index in [-0.39, 0.29) is 23.6 Å². The molecule has 0 heterocycles. The zero-order chi connectivity index (χ0) is 16.2. The highest BCUT2D eigenvalue weighted by Crippen LogP contribution is 2.23. The van der Waals surface area contributed by atoms with Gasteiger partial charge in [-0.05, 0) is 12.1 Å². The predicted molar refractivity (Wildman–Crippen MR) is 74.6 cm³/mol. The second kappa shape index (κ2) is 6.50. The second-order valence-corrected chi connectivity index (χ2v) is 6.62. The van der Waals surface area contributed by atoms with Crippen LogP contribution in [0.4, 0.5) is 5.69 Å². The summed E-state index contributed by atoms with van der Waals surface area (Å²) in [7, 11) is -0.759. The second-order valence-electron chi connectivity index (χ2n) is 4.31. The maximum atomic E-state index is 11.8. The number of nitrogens with one attached hydrogen (secondary N) is 1. The summed E-state index contributed by atoms with van der Waals surface area (Å²) in [5.74, 6) is -1.46. The fourth-order valence-corrected chi connectivity index (χ4v) is 2.16. The maximum absolute atomic E-state index is 11.8. The smallest absolute Gasteiger partial charge is 0.282 e. The third-order valence-electron chi connectivity index (χ3n) is 2.62. The number of nitro groups is 1. The molecule has 0 saturated carbocycles. The van der Waals surface area contributed by atoms with Crippen LogP contribution in [-0.4, -0.2) is 55.1 Å². The van der Waals surface area contributed by atoms with Crippen molar-refractivity contribution in [1.29, 1.82) is 0 Å². The summed E-state index contributed by atoms with van der Waals surface area (Å²) in [4.78, 5) is 21.9. The lowest BCUT2D eigenvalue weighted by molar-refractivity contribution is -0.385. The molecule has 1 rings (SSSR count). The molecular weight excluding hydrogens is 302 g/mol. The Balaban J connectivity index is 2.82. The molecule has 116 valence electrons. The summed E-state index contributed by atoms with van der Waals surface area (Å²) in [6.07, 6.45) is 0. The topological polar surface area (TPSA) is 130 Å². The summed E-state index contributed by atoms with van der Waals surface area (Å²) < 4.78 is 24.0. The predicted octanol–water partition coefficient (Wildman–Crippen LogP) is -0.0784. The molecule has 0 atom stereocenters. The minimum Gasteiger partial charge on any atom is -0.508 e. The number of rotatable bonds is 6. The molecule has 0 aliphatic rings. The number of nitrogens with zero attached hydrogens (tertiary/aromatic N) is 2. The van der Waals surface area contributed by atoms with Crippen molar-refractivity contribution in [3.8, 4) is 5.75 Å². The Kier molecular flexibility index (Phi) is 5.22. The van der Waals surface area contributed by atoms with Crippen molar-refractivity contribution >= 4 is 21.6 Å². The van der Waals surface area contributed by atoms with Crippen LogP contribution in [0.5, 0.6) is 5.75 Å². The van der Waals surface area contributed by atoms with Gasteiger partial charge in [0.15, 0.2) is 0 Å². The Morgan fingerprint density at radius 3 is 2.57 bits per heavy atom. The van der Waals surface area contributed by atoms with E-state index in [4.69, 9.17) is 0 Å². The van der Waals surface area contributed by atoms with Gasteiger partial charge in [-0.25, -0.2) is 12.7 Å². The molecule has 21 heavy (non-hydrogen) atoms. The Bertz CT molecular complexity index is 656. The van der Waals surface area contributed by atoms with Crippen LogP contribution < -0.4 is 5.32 Å². The Labute approximate surface area is 121 Å². The highest BCUT2D eigenvalue weighted by molar-refractivity contribution is 7.89. The molecule has 0 aliphatic carbocycles. The summed E-state index contributed by atoms with van der Waals surface area (Å²) >= 11 is 0. The number of nitro benzene ring substituents is 1. The van der Waals surface area contributed by atoms with E-state index in [0.717, 1.165) is 22.5 Å². The average molecular weight is 317 g/mol. The van der Waals surface area contributed by atoms with E-state index >= 15 is 0 Å². The quantitative estimate of drug-likeness (QED) is 0.557. The van der Waals surface area contributed by atoms with Crippen LogP contribution >= 0.6 is 0 Å². The number of benzene rings is 1. The zero-order valence-electron chi connectivity index (χ0n) is 11.4. The highest BCUT2D eigenvalue weighted by Gasteiger charge is 2.21. The SMILES string of the molecule is CN(C)S(=O)(=O)CCNC(=O)c1cc(O)ccc1[N+](=O)[O-]. The van der Waals surface area contributed by atoms with E-state index in [9.17, 15) is 28.4 Å². The van der Waals surface area contributed by atoms with Gasteiger partial charge in [0.05, 0.1) is 10.7 Å². The number of sulfonamides is 1. The van der Waals surface area contributed by atoms with Gasteiger partial charge in [0.1, 0.15) is 11.3 Å². The molecule has 2 N–H and O–H groups in total. The number of hydrogen-bond acceptors (Lipinski definition) is 6. The van der Waals surface area contributed by atoms with Crippen LogP contribution in [0.25, 0.3) is 0 Å². The first-order chi connectivity index (χ1) is 9.65. The molecule has 1 aromatic rings. The molecule has 9 nitrogen and oxygen atoms in total. The van der Waals surface area contributed by atoms with Crippen molar-refractivity contribution in [2.45, 2.75) is 0 Å². The molecule has 0 radical (unpaired) electrons. The van der Waals surface area contributed by atoms with Crippen LogP contribution in [0.15, 0.2) is 18.2 Å². The van der Waals surface area contributed by atoms with Crippen molar-refractivity contribution < 1.29 is 23.2 Å². The van der Waals surface area contributed by atoms with Gasteiger partial charge < -0.3 is 10.4 Å². The lowest BCUT2D eigenvalue weighted by atomic mass is 10.1. The molecule has 0 aromatic heterocycles. The van der Waals surface area contributed by atoms with Gasteiger partial charge in [-0.1, -0.05) is 0 Å². The first-order valence-corrected chi connectivity index (χ1v) is 7.42. The Hall–Kier alpha value is -2.20. The van der Waals surface area contributed by atoms with Crippen molar-refractivity contribution in [3.05, 3.63) is 33.9 Å². The maximum Gasteiger partial charge on any atom is 0.282 e. The number of amides is 1. The third-order valence-corrected chi connectivity index (χ3v) is 4.46. The van der Waals surface area contributed by atoms with Gasteiger partial charge in [-0.2, -0.15) is 0 Å². The van der Waals surface area contributed by atoms with Crippen molar-refractivity contribution in [2.24, 2.45) is 0 Å². The number of aromatic hydroxyl groups is 1. The van der Waals surface area contributed by atoms with Gasteiger partial charge in [0.25, 0.3) is 11.6 Å². The summed E-state index contributed by atoms with van der Waals surface area (Å²) in [5.41, 5.74) is -0.803. The van der Waals surface area contributed by atoms with Crippen molar-refractivity contribution in [3.63, 3.8) is 0 Å². The molecule has 10 heteroatoms. The molecule has 1 aromatic carbocycles. The molecule has 0 spiro atoms. The molecular formula is C11H15N3O6S. The van der Waals surface area contributed by atoms with E-state index in [2.05, 4.69) is 5.32 Å². The van der Waals surface area contributed by atoms with Crippen molar-refractivity contribution in [1.82, 2.24) is 9.62 Å². The van der Waals surface area contributed by atoms with Crippen LogP contribution in [0.3, 0.4) is 0 Å². The average Bonchev–Trinajstić information content (AvgIpc) is 2.37. The number of carbonyl (C=O) groups is 1. The third kappa shape index (κ3) is 4.39. The first-order valence-electron chi connectivity index (χ1n) is 5.81. The minimum absolute atomic E-state index is 0.202. The number of phenols is 1. The van der Waals surface area contributed by atoms with E-state index < -0.39 is 26.5 Å². The standard InChI is InChI=1S/C11H15N3O6S/c1-13(2)21(19,20)6-5-12-11(16)9-7-8(15)3-4-10(9)14(17)18/h3-4,7,15H,5-6H2,1-2H3,(H,12,16). The monoisotopic (exact) mass is 317 g/mol. The lowest BCUT2D eigenvalue weighted by Crippen LogP contribution is -2.34. The lowest BCUT2D eigenvalue weighted by Gasteiger charge is -2.11. The summed E-state index contributed by atoms with van der Waals surface area (Å²) in [6.45, 7) is -0.202. The number of hydrogen-bond donors (Lipinski definition) is 2. The Morgan fingerprint density at radius 1 is 1.43 bits per heavy atom. The van der Waals surface area contributed by atoms with Gasteiger partial charge in [-0.3, -0.25) is 14.9 Å². The normalized spacial score (nSPS) is 11.4. The molecule has 0 aliphatic heterocycles. The van der Waals surface area contributed by atoms with E-state index in [1.807, 2.05) is 0 Å². The minimum atomic E-state index is -3.48. The van der Waals surface area contributed by atoms with Gasteiger partial charge in [0, 0.05) is 26.7 Å². The fourth-order valence-electron chi connectivity index (χ4n) is 1.44. The van der Waals surface area contributed by atoms with Crippen LogP contribution in [-0.2, 0) is 10.0 Å². The van der Waals surface area contributed by atoms with E-state index in [1.54, 1.807) is 0 Å². The Morgan fingerprint density at radius 2 is 2.05 bits per heavy atom. The van der Waals surface area contributed by atoms with Gasteiger partial charge in [0.2, 0.25) is 10.0 Å². The molecule has 0 saturated heterocycles. The van der Waals surface area contributed by atoms with Gasteiger partial charge in [-0.15, -0.1) is 0 Å². The first kappa shape index (κ1) is 16.9. The van der Waals surface area contributed by atoms with Crippen molar-refractivity contribution in [2.75, 3.05) is 26.4 Å². The molecule has 1 amide bonds. The van der Waals surface area contributed by atoms with Crippen LogP contribution in [0, 0.1) is 10.1 Å². The van der Waals surface area contributed by atoms with Crippen LogP contribution in [0.1, 0.15) is 10.4 Å². The largest absolute Gasteiger partial charge is 0.508 e. The molecule has 0 unspecified atom stereocenters.